The Morgan fingerprint density at radius 3 is 2.88 bits per heavy atom. The summed E-state index contributed by atoms with van der Waals surface area (Å²) in [7, 11) is 0. The Bertz CT molecular complexity index is 529. The van der Waals surface area contributed by atoms with E-state index < -0.39 is 0 Å². The van der Waals surface area contributed by atoms with Gasteiger partial charge in [-0.05, 0) is 36.8 Å². The molecule has 1 aromatic heterocycles. The molecule has 2 N–H and O–H groups in total. The lowest BCUT2D eigenvalue weighted by atomic mass is 10.2. The molecule has 0 spiro atoms. The van der Waals surface area contributed by atoms with E-state index in [1.807, 2.05) is 31.2 Å². The molecule has 88 valence electrons. The second kappa shape index (κ2) is 5.29. The zero-order valence-electron chi connectivity index (χ0n) is 9.48. The van der Waals surface area contributed by atoms with Gasteiger partial charge in [0.25, 0.3) is 0 Å². The number of hydrogen-bond acceptors (Lipinski definition) is 3. The molecule has 0 aliphatic carbocycles. The van der Waals surface area contributed by atoms with E-state index in [9.17, 15) is 0 Å². The summed E-state index contributed by atoms with van der Waals surface area (Å²) in [6.07, 6.45) is 3.39. The summed E-state index contributed by atoms with van der Waals surface area (Å²) in [4.78, 5) is 4.04. The number of rotatable bonds is 3. The van der Waals surface area contributed by atoms with E-state index in [2.05, 4.69) is 20.9 Å². The topological polar surface area (TPSA) is 48.1 Å². The third-order valence-corrected chi connectivity index (χ3v) is 3.34. The van der Waals surface area contributed by atoms with E-state index in [-0.39, 0.29) is 0 Å². The van der Waals surface area contributed by atoms with Crippen LogP contribution in [0, 0.1) is 6.92 Å². The highest BCUT2D eigenvalue weighted by Crippen LogP contribution is 2.27. The molecule has 0 aliphatic rings. The van der Waals surface area contributed by atoms with Gasteiger partial charge in [0.2, 0.25) is 0 Å². The maximum absolute atomic E-state index is 5.77. The molecule has 2 aromatic rings. The number of aromatic nitrogens is 1. The highest BCUT2D eigenvalue weighted by Gasteiger charge is 2.04. The van der Waals surface area contributed by atoms with Crippen LogP contribution < -0.4 is 10.5 Å². The van der Waals surface area contributed by atoms with Gasteiger partial charge >= 0.3 is 0 Å². The molecule has 0 unspecified atom stereocenters. The lowest BCUT2D eigenvalue weighted by Crippen LogP contribution is -1.99. The van der Waals surface area contributed by atoms with Crippen LogP contribution >= 0.6 is 15.9 Å². The fourth-order valence-electron chi connectivity index (χ4n) is 1.48. The van der Waals surface area contributed by atoms with Crippen molar-refractivity contribution in [2.45, 2.75) is 13.5 Å². The fourth-order valence-corrected chi connectivity index (χ4v) is 1.72. The van der Waals surface area contributed by atoms with Gasteiger partial charge in [-0.1, -0.05) is 15.9 Å². The minimum absolute atomic E-state index is 0.438. The Balaban J connectivity index is 2.28. The van der Waals surface area contributed by atoms with Crippen LogP contribution in [0.2, 0.25) is 0 Å². The van der Waals surface area contributed by atoms with Crippen LogP contribution in [0.1, 0.15) is 11.1 Å². The van der Waals surface area contributed by atoms with Crippen molar-refractivity contribution in [2.24, 2.45) is 5.73 Å². The van der Waals surface area contributed by atoms with Gasteiger partial charge in [0.1, 0.15) is 11.5 Å². The Labute approximate surface area is 109 Å². The van der Waals surface area contributed by atoms with Crippen LogP contribution in [-0.2, 0) is 6.54 Å². The number of nitrogens with two attached hydrogens (primary N) is 1. The van der Waals surface area contributed by atoms with Crippen molar-refractivity contribution in [3.05, 3.63) is 52.3 Å². The van der Waals surface area contributed by atoms with Crippen molar-refractivity contribution in [2.75, 3.05) is 0 Å². The van der Waals surface area contributed by atoms with Gasteiger partial charge in [0.05, 0.1) is 6.20 Å². The number of benzene rings is 1. The van der Waals surface area contributed by atoms with Crippen LogP contribution in [0.25, 0.3) is 0 Å². The number of ether oxygens (including phenoxy) is 1. The zero-order valence-corrected chi connectivity index (χ0v) is 11.1. The summed E-state index contributed by atoms with van der Waals surface area (Å²) < 4.78 is 6.84. The average molecular weight is 293 g/mol. The third-order valence-electron chi connectivity index (χ3n) is 2.45. The third kappa shape index (κ3) is 2.84. The first-order chi connectivity index (χ1) is 8.20. The first-order valence-corrected chi connectivity index (χ1v) is 6.07. The number of nitrogens with zero attached hydrogens (tertiary/aromatic N) is 1. The molecule has 17 heavy (non-hydrogen) atoms. The highest BCUT2D eigenvalue weighted by atomic mass is 79.9. The molecule has 2 rings (SSSR count). The van der Waals surface area contributed by atoms with Crippen molar-refractivity contribution >= 4 is 15.9 Å². The second-order valence-corrected chi connectivity index (χ2v) is 4.55. The van der Waals surface area contributed by atoms with E-state index in [1.54, 1.807) is 12.4 Å². The predicted octanol–water partition coefficient (Wildman–Crippen LogP) is 3.40. The summed E-state index contributed by atoms with van der Waals surface area (Å²) in [5.41, 5.74) is 7.71. The largest absolute Gasteiger partial charge is 0.455 e. The molecular formula is C13H13BrN2O. The summed E-state index contributed by atoms with van der Waals surface area (Å²) >= 11 is 3.46. The monoisotopic (exact) mass is 292 g/mol. The fraction of sp³-hybridized carbons (Fsp3) is 0.154. The number of aryl methyl sites for hydroxylation is 1. The van der Waals surface area contributed by atoms with Gasteiger partial charge in [-0.3, -0.25) is 4.98 Å². The first-order valence-electron chi connectivity index (χ1n) is 5.27. The zero-order chi connectivity index (χ0) is 12.3. The van der Waals surface area contributed by atoms with Crippen LogP contribution in [0.15, 0.2) is 41.1 Å². The summed E-state index contributed by atoms with van der Waals surface area (Å²) in [5, 5.41) is 0. The molecule has 0 amide bonds. The first kappa shape index (κ1) is 12.1. The Morgan fingerprint density at radius 1 is 1.35 bits per heavy atom. The predicted molar refractivity (Wildman–Crippen MR) is 71.1 cm³/mol. The molecule has 0 fully saturated rings. The quantitative estimate of drug-likeness (QED) is 0.943. The maximum atomic E-state index is 5.77. The second-order valence-electron chi connectivity index (χ2n) is 3.70. The Hall–Kier alpha value is -1.39. The van der Waals surface area contributed by atoms with Crippen molar-refractivity contribution < 1.29 is 4.74 Å². The van der Waals surface area contributed by atoms with E-state index in [1.165, 1.54) is 0 Å². The lowest BCUT2D eigenvalue weighted by molar-refractivity contribution is 0.473. The smallest absolute Gasteiger partial charge is 0.150 e. The number of hydrogen-bond donors (Lipinski definition) is 1. The molecule has 0 aliphatic heterocycles. The van der Waals surface area contributed by atoms with E-state index in [4.69, 9.17) is 10.5 Å². The van der Waals surface area contributed by atoms with Gasteiger partial charge < -0.3 is 10.5 Å². The van der Waals surface area contributed by atoms with Crippen LogP contribution in [0.5, 0.6) is 11.5 Å². The van der Waals surface area contributed by atoms with Crippen LogP contribution in [-0.4, -0.2) is 4.98 Å². The van der Waals surface area contributed by atoms with E-state index in [0.29, 0.717) is 12.3 Å². The SMILES string of the molecule is Cc1cc(Oc2cnccc2CN)ccc1Br. The van der Waals surface area contributed by atoms with Crippen molar-refractivity contribution in [1.29, 1.82) is 0 Å². The van der Waals surface area contributed by atoms with E-state index in [0.717, 1.165) is 21.3 Å². The lowest BCUT2D eigenvalue weighted by Gasteiger charge is -2.10. The van der Waals surface area contributed by atoms with Crippen LogP contribution in [0.4, 0.5) is 0 Å². The Morgan fingerprint density at radius 2 is 2.18 bits per heavy atom. The molecule has 0 radical (unpaired) electrons. The van der Waals surface area contributed by atoms with Gasteiger partial charge in [-0.15, -0.1) is 0 Å². The molecule has 1 aromatic carbocycles. The normalized spacial score (nSPS) is 10.3. The molecule has 0 atom stereocenters. The standard InChI is InChI=1S/C13H13BrN2O/c1-9-6-11(2-3-12(9)14)17-13-8-16-5-4-10(13)7-15/h2-6,8H,7,15H2,1H3. The molecule has 4 heteroatoms. The Kier molecular flexibility index (Phi) is 3.76. The van der Waals surface area contributed by atoms with Gasteiger partial charge in [-0.2, -0.15) is 0 Å². The van der Waals surface area contributed by atoms with Gasteiger partial charge in [0, 0.05) is 22.8 Å². The van der Waals surface area contributed by atoms with E-state index >= 15 is 0 Å². The average Bonchev–Trinajstić information content (AvgIpc) is 2.34. The van der Waals surface area contributed by atoms with Crippen molar-refractivity contribution in [3.63, 3.8) is 0 Å². The maximum Gasteiger partial charge on any atom is 0.150 e. The van der Waals surface area contributed by atoms with Crippen molar-refractivity contribution in [1.82, 2.24) is 4.98 Å². The summed E-state index contributed by atoms with van der Waals surface area (Å²) in [6.45, 7) is 2.46. The van der Waals surface area contributed by atoms with Gasteiger partial charge in [-0.25, -0.2) is 0 Å². The summed E-state index contributed by atoms with van der Waals surface area (Å²) in [5.74, 6) is 1.49. The molecular weight excluding hydrogens is 280 g/mol. The van der Waals surface area contributed by atoms with Crippen molar-refractivity contribution in [3.8, 4) is 11.5 Å². The van der Waals surface area contributed by atoms with Gasteiger partial charge in [0.15, 0.2) is 0 Å². The molecule has 0 saturated carbocycles. The summed E-state index contributed by atoms with van der Waals surface area (Å²) in [6, 6.07) is 7.70. The number of halogens is 1. The minimum atomic E-state index is 0.438. The molecule has 0 saturated heterocycles. The molecule has 1 heterocycles. The molecule has 0 bridgehead atoms. The minimum Gasteiger partial charge on any atom is -0.455 e. The number of pyridine rings is 1. The molecule has 3 nitrogen and oxygen atoms in total. The highest BCUT2D eigenvalue weighted by molar-refractivity contribution is 9.10. The van der Waals surface area contributed by atoms with Crippen LogP contribution in [0.3, 0.4) is 0 Å².